The van der Waals surface area contributed by atoms with Gasteiger partial charge in [-0.15, -0.1) is 0 Å². The number of hydrogen-bond donors (Lipinski definition) is 0. The Labute approximate surface area is 116 Å². The summed E-state index contributed by atoms with van der Waals surface area (Å²) in [5.41, 5.74) is 0.965. The lowest BCUT2D eigenvalue weighted by Crippen LogP contribution is -2.21. The lowest BCUT2D eigenvalue weighted by atomic mass is 10.1. The Morgan fingerprint density at radius 1 is 1.15 bits per heavy atom. The molecule has 0 aliphatic carbocycles. The Morgan fingerprint density at radius 3 is 2.50 bits per heavy atom. The van der Waals surface area contributed by atoms with Gasteiger partial charge < -0.3 is 4.90 Å². The van der Waals surface area contributed by atoms with Crippen LogP contribution in [0.3, 0.4) is 0 Å². The molecule has 2 rings (SSSR count). The summed E-state index contributed by atoms with van der Waals surface area (Å²) in [6.07, 6.45) is 0.741. The highest BCUT2D eigenvalue weighted by atomic mass is 19.1. The minimum absolute atomic E-state index is 0.297. The summed E-state index contributed by atoms with van der Waals surface area (Å²) in [7, 11) is 1.73. The van der Waals surface area contributed by atoms with Gasteiger partial charge in [0.05, 0.1) is 4.92 Å². The highest BCUT2D eigenvalue weighted by molar-refractivity contribution is 5.63. The molecule has 0 saturated heterocycles. The van der Waals surface area contributed by atoms with E-state index in [1.165, 1.54) is 6.07 Å². The molecule has 0 atom stereocenters. The number of nitrogens with zero attached hydrogens (tertiary/aromatic N) is 2. The number of rotatable bonds is 5. The van der Waals surface area contributed by atoms with Crippen LogP contribution in [0, 0.1) is 15.9 Å². The molecule has 0 radical (unpaired) electrons. The second-order valence-corrected chi connectivity index (χ2v) is 4.52. The SMILES string of the molecule is CN(CCc1ccccc1)c1cccc(F)c1[N+](=O)[O-]. The van der Waals surface area contributed by atoms with Gasteiger partial charge in [0.15, 0.2) is 0 Å². The van der Waals surface area contributed by atoms with E-state index in [4.69, 9.17) is 0 Å². The van der Waals surface area contributed by atoms with Crippen LogP contribution >= 0.6 is 0 Å². The van der Waals surface area contributed by atoms with Crippen molar-refractivity contribution >= 4 is 11.4 Å². The molecule has 0 N–H and O–H groups in total. The maximum absolute atomic E-state index is 13.6. The van der Waals surface area contributed by atoms with E-state index in [1.807, 2.05) is 30.3 Å². The molecule has 20 heavy (non-hydrogen) atoms. The summed E-state index contributed by atoms with van der Waals surface area (Å²) < 4.78 is 13.6. The predicted molar refractivity (Wildman–Crippen MR) is 76.5 cm³/mol. The van der Waals surface area contributed by atoms with Crippen LogP contribution in [0.5, 0.6) is 0 Å². The number of nitro benzene ring substituents is 1. The van der Waals surface area contributed by atoms with Crippen molar-refractivity contribution in [1.29, 1.82) is 0 Å². The second-order valence-electron chi connectivity index (χ2n) is 4.52. The molecule has 4 nitrogen and oxygen atoms in total. The number of nitro groups is 1. The average Bonchev–Trinajstić information content (AvgIpc) is 2.45. The van der Waals surface area contributed by atoms with Crippen LogP contribution in [0.2, 0.25) is 0 Å². The highest BCUT2D eigenvalue weighted by Crippen LogP contribution is 2.29. The summed E-state index contributed by atoms with van der Waals surface area (Å²) >= 11 is 0. The lowest BCUT2D eigenvalue weighted by molar-refractivity contribution is -0.386. The fourth-order valence-corrected chi connectivity index (χ4v) is 2.05. The van der Waals surface area contributed by atoms with Crippen LogP contribution in [0.15, 0.2) is 48.5 Å². The highest BCUT2D eigenvalue weighted by Gasteiger charge is 2.22. The molecular weight excluding hydrogens is 259 g/mol. The molecule has 0 fully saturated rings. The topological polar surface area (TPSA) is 46.4 Å². The molecule has 2 aromatic rings. The molecule has 0 aliphatic rings. The molecule has 5 heteroatoms. The van der Waals surface area contributed by atoms with Crippen molar-refractivity contribution in [2.24, 2.45) is 0 Å². The normalized spacial score (nSPS) is 10.3. The molecule has 2 aromatic carbocycles. The Bertz CT molecular complexity index is 602. The summed E-state index contributed by atoms with van der Waals surface area (Å²) in [5, 5.41) is 11.0. The first-order valence-corrected chi connectivity index (χ1v) is 6.27. The standard InChI is InChI=1S/C15H15FN2O2/c1-17(11-10-12-6-3-2-4-7-12)14-9-5-8-13(16)15(14)18(19)20/h2-9H,10-11H2,1H3. The molecule has 0 aromatic heterocycles. The summed E-state index contributed by atoms with van der Waals surface area (Å²) in [4.78, 5) is 12.0. The summed E-state index contributed by atoms with van der Waals surface area (Å²) in [5.74, 6) is -0.806. The number of hydrogen-bond acceptors (Lipinski definition) is 3. The minimum atomic E-state index is -0.806. The third-order valence-corrected chi connectivity index (χ3v) is 3.14. The van der Waals surface area contributed by atoms with Gasteiger partial charge in [-0.05, 0) is 24.1 Å². The molecule has 0 heterocycles. The predicted octanol–water partition coefficient (Wildman–Crippen LogP) is 3.41. The van der Waals surface area contributed by atoms with Gasteiger partial charge in [-0.2, -0.15) is 4.39 Å². The van der Waals surface area contributed by atoms with Crippen molar-refractivity contribution in [3.8, 4) is 0 Å². The Kier molecular flexibility index (Phi) is 4.30. The molecule has 0 spiro atoms. The van der Waals surface area contributed by atoms with Crippen LogP contribution in [0.25, 0.3) is 0 Å². The zero-order valence-corrected chi connectivity index (χ0v) is 11.1. The van der Waals surface area contributed by atoms with Gasteiger partial charge in [0.25, 0.3) is 0 Å². The zero-order valence-electron chi connectivity index (χ0n) is 11.1. The molecular formula is C15H15FN2O2. The average molecular weight is 274 g/mol. The summed E-state index contributed by atoms with van der Waals surface area (Å²) in [6, 6.07) is 14.0. The number of benzene rings is 2. The van der Waals surface area contributed by atoms with E-state index in [2.05, 4.69) is 0 Å². The molecule has 0 unspecified atom stereocenters. The fraction of sp³-hybridized carbons (Fsp3) is 0.200. The van der Waals surface area contributed by atoms with E-state index in [1.54, 1.807) is 18.0 Å². The van der Waals surface area contributed by atoms with Crippen molar-refractivity contribution in [2.75, 3.05) is 18.5 Å². The van der Waals surface area contributed by atoms with Crippen molar-refractivity contribution in [1.82, 2.24) is 0 Å². The molecule has 104 valence electrons. The maximum atomic E-state index is 13.6. The van der Waals surface area contributed by atoms with E-state index in [0.29, 0.717) is 12.2 Å². The molecule has 0 saturated carbocycles. The molecule has 0 amide bonds. The monoisotopic (exact) mass is 274 g/mol. The van der Waals surface area contributed by atoms with E-state index < -0.39 is 16.4 Å². The van der Waals surface area contributed by atoms with Crippen LogP contribution < -0.4 is 4.90 Å². The van der Waals surface area contributed by atoms with Crippen LogP contribution in [-0.2, 0) is 6.42 Å². The number of halogens is 1. The van der Waals surface area contributed by atoms with Gasteiger partial charge in [-0.3, -0.25) is 10.1 Å². The molecule has 0 aliphatic heterocycles. The van der Waals surface area contributed by atoms with E-state index >= 15 is 0 Å². The second kappa shape index (κ2) is 6.14. The fourth-order valence-electron chi connectivity index (χ4n) is 2.05. The third kappa shape index (κ3) is 3.12. The van der Waals surface area contributed by atoms with Gasteiger partial charge in [0, 0.05) is 13.6 Å². The van der Waals surface area contributed by atoms with E-state index in [-0.39, 0.29) is 0 Å². The lowest BCUT2D eigenvalue weighted by Gasteiger charge is -2.19. The van der Waals surface area contributed by atoms with Crippen molar-refractivity contribution < 1.29 is 9.31 Å². The van der Waals surface area contributed by atoms with E-state index in [9.17, 15) is 14.5 Å². The van der Waals surface area contributed by atoms with Crippen molar-refractivity contribution in [3.05, 3.63) is 70.0 Å². The van der Waals surface area contributed by atoms with Gasteiger partial charge in [-0.25, -0.2) is 0 Å². The minimum Gasteiger partial charge on any atom is -0.369 e. The summed E-state index contributed by atoms with van der Waals surface area (Å²) in [6.45, 7) is 0.578. The largest absolute Gasteiger partial charge is 0.369 e. The number of likely N-dealkylation sites (N-methyl/N-ethyl adjacent to an activating group) is 1. The van der Waals surface area contributed by atoms with Crippen molar-refractivity contribution in [2.45, 2.75) is 6.42 Å². The maximum Gasteiger partial charge on any atom is 0.327 e. The zero-order chi connectivity index (χ0) is 14.5. The third-order valence-electron chi connectivity index (χ3n) is 3.14. The van der Waals surface area contributed by atoms with Gasteiger partial charge in [-0.1, -0.05) is 36.4 Å². The Hall–Kier alpha value is -2.43. The number of anilines is 1. The van der Waals surface area contributed by atoms with Gasteiger partial charge in [0.1, 0.15) is 5.69 Å². The first kappa shape index (κ1) is 14.0. The van der Waals surface area contributed by atoms with Crippen molar-refractivity contribution in [3.63, 3.8) is 0 Å². The van der Waals surface area contributed by atoms with Crippen LogP contribution in [0.1, 0.15) is 5.56 Å². The van der Waals surface area contributed by atoms with Crippen LogP contribution in [0.4, 0.5) is 15.8 Å². The van der Waals surface area contributed by atoms with Gasteiger partial charge >= 0.3 is 5.69 Å². The van der Waals surface area contributed by atoms with Crippen LogP contribution in [-0.4, -0.2) is 18.5 Å². The first-order chi connectivity index (χ1) is 9.59. The Balaban J connectivity index is 2.15. The number of para-hydroxylation sites is 1. The Morgan fingerprint density at radius 2 is 1.85 bits per heavy atom. The first-order valence-electron chi connectivity index (χ1n) is 6.27. The quantitative estimate of drug-likeness (QED) is 0.620. The molecule has 0 bridgehead atoms. The van der Waals surface area contributed by atoms with Gasteiger partial charge in [0.2, 0.25) is 5.82 Å². The smallest absolute Gasteiger partial charge is 0.327 e. The van der Waals surface area contributed by atoms with E-state index in [0.717, 1.165) is 18.1 Å².